The zero-order valence-corrected chi connectivity index (χ0v) is 12.1. The van der Waals surface area contributed by atoms with Gasteiger partial charge in [-0.3, -0.25) is 4.79 Å². The molecule has 0 aliphatic heterocycles. The largest absolute Gasteiger partial charge is 0.416 e. The second-order valence-electron chi connectivity index (χ2n) is 6.05. The summed E-state index contributed by atoms with van der Waals surface area (Å²) in [4.78, 5) is 12.3. The molecule has 1 aromatic rings. The molecule has 1 N–H and O–H groups in total. The Bertz CT molecular complexity index is 578. The lowest BCUT2D eigenvalue weighted by Crippen LogP contribution is -2.16. The summed E-state index contributed by atoms with van der Waals surface area (Å²) in [7, 11) is 0. The van der Waals surface area contributed by atoms with Crippen LogP contribution in [0.25, 0.3) is 0 Å². The molecule has 0 saturated heterocycles. The Morgan fingerprint density at radius 1 is 1.09 bits per heavy atom. The number of carbonyl (C=O) groups excluding carboxylic acids is 1. The van der Waals surface area contributed by atoms with Gasteiger partial charge in [0, 0.05) is 11.6 Å². The number of fused-ring (bicyclic) bond motifs is 1. The number of amides is 1. The number of rotatable bonds is 2. The van der Waals surface area contributed by atoms with Gasteiger partial charge in [0.25, 0.3) is 0 Å². The van der Waals surface area contributed by atoms with Crippen LogP contribution in [0.4, 0.5) is 18.9 Å². The van der Waals surface area contributed by atoms with Crippen LogP contribution in [0.2, 0.25) is 0 Å². The van der Waals surface area contributed by atoms with Gasteiger partial charge in [-0.15, -0.1) is 0 Å². The first-order chi connectivity index (χ1) is 10.5. The van der Waals surface area contributed by atoms with E-state index < -0.39 is 11.7 Å². The molecular weight excluding hydrogens is 291 g/mol. The number of anilines is 1. The summed E-state index contributed by atoms with van der Waals surface area (Å²) in [6.45, 7) is 0. The van der Waals surface area contributed by atoms with Crippen molar-refractivity contribution in [3.05, 3.63) is 42.0 Å². The lowest BCUT2D eigenvalue weighted by Gasteiger charge is -2.10. The first kappa shape index (κ1) is 15.1. The molecule has 0 bridgehead atoms. The fourth-order valence-corrected chi connectivity index (χ4v) is 3.43. The summed E-state index contributed by atoms with van der Waals surface area (Å²) in [5.41, 5.74) is -0.520. The molecule has 3 rings (SSSR count). The SMILES string of the molecule is O=C(Nc1cccc(C(F)(F)F)c1)C1[C@H]2CC/C=C/CC[C@H]12. The molecule has 1 saturated carbocycles. The van der Waals surface area contributed by atoms with Crippen LogP contribution in [0, 0.1) is 17.8 Å². The van der Waals surface area contributed by atoms with Crippen molar-refractivity contribution in [3.8, 4) is 0 Å². The van der Waals surface area contributed by atoms with Gasteiger partial charge in [-0.1, -0.05) is 18.2 Å². The molecule has 0 spiro atoms. The summed E-state index contributed by atoms with van der Waals surface area (Å²) in [5, 5.41) is 2.65. The van der Waals surface area contributed by atoms with Gasteiger partial charge in [0.1, 0.15) is 0 Å². The van der Waals surface area contributed by atoms with Crippen LogP contribution in [0.15, 0.2) is 36.4 Å². The van der Waals surface area contributed by atoms with Gasteiger partial charge < -0.3 is 5.32 Å². The van der Waals surface area contributed by atoms with Crippen LogP contribution in [-0.4, -0.2) is 5.91 Å². The van der Waals surface area contributed by atoms with E-state index in [9.17, 15) is 18.0 Å². The van der Waals surface area contributed by atoms with E-state index in [0.717, 1.165) is 37.8 Å². The van der Waals surface area contributed by atoms with Gasteiger partial charge in [0.05, 0.1) is 5.56 Å². The molecule has 1 fully saturated rings. The monoisotopic (exact) mass is 309 g/mol. The summed E-state index contributed by atoms with van der Waals surface area (Å²) in [5.74, 6) is 0.581. The fourth-order valence-electron chi connectivity index (χ4n) is 3.43. The van der Waals surface area contributed by atoms with E-state index in [1.807, 2.05) is 0 Å². The number of nitrogens with one attached hydrogen (secondary N) is 1. The molecule has 5 heteroatoms. The lowest BCUT2D eigenvalue weighted by molar-refractivity contribution is -0.137. The van der Waals surface area contributed by atoms with Crippen LogP contribution in [0.5, 0.6) is 0 Å². The van der Waals surface area contributed by atoms with Crippen molar-refractivity contribution >= 4 is 11.6 Å². The molecular formula is C17H18F3NO. The minimum Gasteiger partial charge on any atom is -0.326 e. The third-order valence-electron chi connectivity index (χ3n) is 4.59. The van der Waals surface area contributed by atoms with Gasteiger partial charge in [-0.2, -0.15) is 13.2 Å². The first-order valence-electron chi connectivity index (χ1n) is 7.60. The maximum atomic E-state index is 12.7. The summed E-state index contributed by atoms with van der Waals surface area (Å²) >= 11 is 0. The highest BCUT2D eigenvalue weighted by atomic mass is 19.4. The van der Waals surface area contributed by atoms with E-state index in [1.54, 1.807) is 0 Å². The van der Waals surface area contributed by atoms with E-state index in [-0.39, 0.29) is 17.5 Å². The number of hydrogen-bond donors (Lipinski definition) is 1. The molecule has 118 valence electrons. The molecule has 22 heavy (non-hydrogen) atoms. The Morgan fingerprint density at radius 3 is 2.32 bits per heavy atom. The maximum Gasteiger partial charge on any atom is 0.416 e. The van der Waals surface area contributed by atoms with Crippen molar-refractivity contribution < 1.29 is 18.0 Å². The number of allylic oxidation sites excluding steroid dienone is 2. The average Bonchev–Trinajstić information content (AvgIpc) is 3.09. The van der Waals surface area contributed by atoms with Crippen LogP contribution in [-0.2, 0) is 11.0 Å². The van der Waals surface area contributed by atoms with Crippen LogP contribution >= 0.6 is 0 Å². The number of hydrogen-bond acceptors (Lipinski definition) is 1. The Kier molecular flexibility index (Phi) is 3.98. The molecule has 2 atom stereocenters. The lowest BCUT2D eigenvalue weighted by atomic mass is 10.1. The molecule has 0 heterocycles. The van der Waals surface area contributed by atoms with E-state index >= 15 is 0 Å². The summed E-state index contributed by atoms with van der Waals surface area (Å²) in [6, 6.07) is 4.81. The zero-order chi connectivity index (χ0) is 15.7. The Labute approximate surface area is 127 Å². The highest BCUT2D eigenvalue weighted by Gasteiger charge is 2.53. The highest BCUT2D eigenvalue weighted by Crippen LogP contribution is 2.53. The minimum atomic E-state index is -4.39. The van der Waals surface area contributed by atoms with E-state index in [1.165, 1.54) is 12.1 Å². The molecule has 2 aliphatic carbocycles. The van der Waals surface area contributed by atoms with Gasteiger partial charge in [-0.05, 0) is 55.7 Å². The Balaban J connectivity index is 1.66. The smallest absolute Gasteiger partial charge is 0.326 e. The zero-order valence-electron chi connectivity index (χ0n) is 12.1. The van der Waals surface area contributed by atoms with Gasteiger partial charge in [0.15, 0.2) is 0 Å². The van der Waals surface area contributed by atoms with Crippen molar-refractivity contribution in [2.24, 2.45) is 17.8 Å². The van der Waals surface area contributed by atoms with E-state index in [2.05, 4.69) is 17.5 Å². The number of carbonyl (C=O) groups is 1. The maximum absolute atomic E-state index is 12.7. The molecule has 1 aromatic carbocycles. The number of alkyl halides is 3. The van der Waals surface area contributed by atoms with Gasteiger partial charge >= 0.3 is 6.18 Å². The second kappa shape index (κ2) is 5.78. The average molecular weight is 309 g/mol. The van der Waals surface area contributed by atoms with Crippen molar-refractivity contribution in [1.82, 2.24) is 0 Å². The van der Waals surface area contributed by atoms with Crippen molar-refractivity contribution in [3.63, 3.8) is 0 Å². The first-order valence-corrected chi connectivity index (χ1v) is 7.60. The van der Waals surface area contributed by atoms with Crippen LogP contribution < -0.4 is 5.32 Å². The molecule has 2 aliphatic rings. The van der Waals surface area contributed by atoms with E-state index in [0.29, 0.717) is 11.8 Å². The topological polar surface area (TPSA) is 29.1 Å². The van der Waals surface area contributed by atoms with Gasteiger partial charge in [-0.25, -0.2) is 0 Å². The van der Waals surface area contributed by atoms with Crippen molar-refractivity contribution in [2.75, 3.05) is 5.32 Å². The van der Waals surface area contributed by atoms with Gasteiger partial charge in [0.2, 0.25) is 5.91 Å². The predicted octanol–water partition coefficient (Wildman–Crippen LogP) is 4.64. The standard InChI is InChI=1S/C17H18F3NO/c18-17(19,20)11-6-5-7-12(10-11)21-16(22)15-13-8-3-1-2-4-9-14(13)15/h1-2,5-7,10,13-15H,3-4,8-9H2,(H,21,22)/b2-1+/t13-,14-/m0/s1. The van der Waals surface area contributed by atoms with Crippen molar-refractivity contribution in [2.45, 2.75) is 31.9 Å². The molecule has 0 radical (unpaired) electrons. The highest BCUT2D eigenvalue weighted by molar-refractivity contribution is 5.95. The van der Waals surface area contributed by atoms with Crippen LogP contribution in [0.3, 0.4) is 0 Å². The molecule has 1 amide bonds. The minimum absolute atomic E-state index is 0.0468. The predicted molar refractivity (Wildman–Crippen MR) is 78.2 cm³/mol. The van der Waals surface area contributed by atoms with Crippen molar-refractivity contribution in [1.29, 1.82) is 0 Å². The normalized spacial score (nSPS) is 29.0. The summed E-state index contributed by atoms with van der Waals surface area (Å²) in [6.07, 6.45) is 3.84. The third-order valence-corrected chi connectivity index (χ3v) is 4.59. The second-order valence-corrected chi connectivity index (χ2v) is 6.05. The molecule has 2 nitrogen and oxygen atoms in total. The Morgan fingerprint density at radius 2 is 1.73 bits per heavy atom. The van der Waals surface area contributed by atoms with Crippen LogP contribution in [0.1, 0.15) is 31.2 Å². The summed E-state index contributed by atoms with van der Waals surface area (Å²) < 4.78 is 38.1. The van der Waals surface area contributed by atoms with E-state index in [4.69, 9.17) is 0 Å². The molecule has 0 unspecified atom stereocenters. The quantitative estimate of drug-likeness (QED) is 0.793. The Hall–Kier alpha value is -1.78. The fraction of sp³-hybridized carbons (Fsp3) is 0.471. The third kappa shape index (κ3) is 3.18. The number of benzene rings is 1. The number of halogens is 3. The molecule has 0 aromatic heterocycles.